The monoisotopic (exact) mass is 586 g/mol. The van der Waals surface area contributed by atoms with Gasteiger partial charge in [-0.25, -0.2) is 19.9 Å². The summed E-state index contributed by atoms with van der Waals surface area (Å²) in [6.07, 6.45) is 24.2. The van der Waals surface area contributed by atoms with Crippen LogP contribution >= 0.6 is 0 Å². The van der Waals surface area contributed by atoms with Crippen LogP contribution in [0.5, 0.6) is 0 Å². The molecule has 0 saturated carbocycles. The molecule has 2 aromatic carbocycles. The Morgan fingerprint density at radius 2 is 1.40 bits per heavy atom. The van der Waals surface area contributed by atoms with Gasteiger partial charge in [0.25, 0.3) is 0 Å². The van der Waals surface area contributed by atoms with Gasteiger partial charge in [0, 0.05) is 22.6 Å². The van der Waals surface area contributed by atoms with Gasteiger partial charge in [-0.15, -0.1) is 0 Å². The predicted octanol–water partition coefficient (Wildman–Crippen LogP) is 10.4. The summed E-state index contributed by atoms with van der Waals surface area (Å²) >= 11 is 0. The molecule has 222 valence electrons. The van der Waals surface area contributed by atoms with Gasteiger partial charge in [0.2, 0.25) is 0 Å². The van der Waals surface area contributed by atoms with E-state index in [0.717, 1.165) is 50.6 Å². The number of allylic oxidation sites excluding steroid dienone is 14. The Balaban J connectivity index is 1.66. The SMILES string of the molecule is C=C/C=C\C(=C/C)c1cc(/C(C=C)=C/C=C\C)nc(-c2cccc(-c3nc(-c4ccccc4)cc(C4C=CC=CC4C)n3)c2)n1. The van der Waals surface area contributed by atoms with Crippen molar-refractivity contribution >= 4 is 11.1 Å². The van der Waals surface area contributed by atoms with Crippen LogP contribution in [0.2, 0.25) is 0 Å². The highest BCUT2D eigenvalue weighted by Crippen LogP contribution is 2.33. The third-order valence-corrected chi connectivity index (χ3v) is 7.68. The predicted molar refractivity (Wildman–Crippen MR) is 190 cm³/mol. The highest BCUT2D eigenvalue weighted by atomic mass is 14.9. The summed E-state index contributed by atoms with van der Waals surface area (Å²) in [5.74, 6) is 1.77. The van der Waals surface area contributed by atoms with Crippen molar-refractivity contribution in [2.75, 3.05) is 0 Å². The Morgan fingerprint density at radius 3 is 2.07 bits per heavy atom. The van der Waals surface area contributed by atoms with Crippen molar-refractivity contribution in [1.82, 2.24) is 19.9 Å². The Kier molecular flexibility index (Phi) is 10.2. The molecule has 0 aliphatic heterocycles. The molecule has 4 heteroatoms. The minimum Gasteiger partial charge on any atom is -0.232 e. The summed E-state index contributed by atoms with van der Waals surface area (Å²) in [7, 11) is 0. The first-order valence-electron chi connectivity index (χ1n) is 15.3. The van der Waals surface area contributed by atoms with Gasteiger partial charge in [-0.1, -0.05) is 142 Å². The van der Waals surface area contributed by atoms with Gasteiger partial charge >= 0.3 is 0 Å². The molecule has 0 radical (unpaired) electrons. The minimum absolute atomic E-state index is 0.161. The maximum absolute atomic E-state index is 5.13. The standard InChI is InChI=1S/C41H38N4/c1-6-10-19-30(8-3)36-27-37(31(9-4)20-11-7-2)43-40(42-36)33-23-17-24-34(26-33)41-44-38(32-21-13-12-14-22-32)28-39(45-41)35-25-16-15-18-29(35)5/h6-29,35H,1,4H2,2-3,5H3/b11-7-,19-10-,30-8+,31-20+. The zero-order chi connectivity index (χ0) is 31.6. The van der Waals surface area contributed by atoms with Crippen molar-refractivity contribution in [2.45, 2.75) is 26.7 Å². The Labute approximate surface area is 267 Å². The van der Waals surface area contributed by atoms with Crippen molar-refractivity contribution in [3.05, 3.63) is 170 Å². The van der Waals surface area contributed by atoms with Crippen molar-refractivity contribution in [3.63, 3.8) is 0 Å². The Bertz CT molecular complexity index is 1870. The number of rotatable bonds is 10. The first-order valence-corrected chi connectivity index (χ1v) is 15.3. The van der Waals surface area contributed by atoms with Gasteiger partial charge in [-0.3, -0.25) is 0 Å². The normalized spacial score (nSPS) is 16.9. The second-order valence-corrected chi connectivity index (χ2v) is 10.8. The van der Waals surface area contributed by atoms with E-state index in [2.05, 4.69) is 68.7 Å². The summed E-state index contributed by atoms with van der Waals surface area (Å²) in [4.78, 5) is 20.2. The number of benzene rings is 2. The van der Waals surface area contributed by atoms with Crippen LogP contribution in [0, 0.1) is 5.92 Å². The average Bonchev–Trinajstić information content (AvgIpc) is 3.09. The van der Waals surface area contributed by atoms with Crippen LogP contribution < -0.4 is 0 Å². The molecule has 2 aromatic heterocycles. The zero-order valence-corrected chi connectivity index (χ0v) is 26.1. The third kappa shape index (κ3) is 7.36. The van der Waals surface area contributed by atoms with Crippen LogP contribution in [0.1, 0.15) is 43.8 Å². The van der Waals surface area contributed by atoms with E-state index in [0.29, 0.717) is 17.6 Å². The molecule has 2 heterocycles. The maximum Gasteiger partial charge on any atom is 0.160 e. The average molecular weight is 587 g/mol. The molecular weight excluding hydrogens is 548 g/mol. The van der Waals surface area contributed by atoms with Gasteiger partial charge in [0.15, 0.2) is 11.6 Å². The zero-order valence-electron chi connectivity index (χ0n) is 26.1. The lowest BCUT2D eigenvalue weighted by Crippen LogP contribution is -2.11. The molecule has 0 saturated heterocycles. The number of nitrogens with zero attached hydrogens (tertiary/aromatic N) is 4. The molecule has 0 bridgehead atoms. The second-order valence-electron chi connectivity index (χ2n) is 10.8. The molecule has 1 aliphatic rings. The highest BCUT2D eigenvalue weighted by Gasteiger charge is 2.21. The van der Waals surface area contributed by atoms with Crippen molar-refractivity contribution in [2.24, 2.45) is 5.92 Å². The molecule has 0 amide bonds. The Hall–Kier alpha value is -5.48. The lowest BCUT2D eigenvalue weighted by molar-refractivity contribution is 0.619. The number of hydrogen-bond acceptors (Lipinski definition) is 4. The fraction of sp³-hybridized carbons (Fsp3) is 0.122. The lowest BCUT2D eigenvalue weighted by atomic mass is 9.86. The molecule has 0 N–H and O–H groups in total. The van der Waals surface area contributed by atoms with E-state index < -0.39 is 0 Å². The van der Waals surface area contributed by atoms with Gasteiger partial charge in [0.05, 0.1) is 22.8 Å². The van der Waals surface area contributed by atoms with Crippen molar-refractivity contribution < 1.29 is 0 Å². The topological polar surface area (TPSA) is 51.6 Å². The molecule has 4 nitrogen and oxygen atoms in total. The smallest absolute Gasteiger partial charge is 0.160 e. The molecule has 4 aromatic rings. The van der Waals surface area contributed by atoms with Crippen LogP contribution in [0.15, 0.2) is 153 Å². The molecule has 2 atom stereocenters. The van der Waals surface area contributed by atoms with E-state index in [4.69, 9.17) is 19.9 Å². The van der Waals surface area contributed by atoms with Crippen LogP contribution in [-0.2, 0) is 0 Å². The number of aromatic nitrogens is 4. The van der Waals surface area contributed by atoms with Crippen LogP contribution in [0.4, 0.5) is 0 Å². The van der Waals surface area contributed by atoms with Crippen LogP contribution in [0.25, 0.3) is 45.2 Å². The van der Waals surface area contributed by atoms with E-state index >= 15 is 0 Å². The molecule has 2 unspecified atom stereocenters. The quantitative estimate of drug-likeness (QED) is 0.174. The molecule has 45 heavy (non-hydrogen) atoms. The van der Waals surface area contributed by atoms with Gasteiger partial charge in [0.1, 0.15) is 0 Å². The fourth-order valence-corrected chi connectivity index (χ4v) is 5.24. The summed E-state index contributed by atoms with van der Waals surface area (Å²) < 4.78 is 0. The van der Waals surface area contributed by atoms with E-state index in [9.17, 15) is 0 Å². The Morgan fingerprint density at radius 1 is 0.711 bits per heavy atom. The fourth-order valence-electron chi connectivity index (χ4n) is 5.24. The van der Waals surface area contributed by atoms with Crippen LogP contribution in [0.3, 0.4) is 0 Å². The van der Waals surface area contributed by atoms with E-state index in [-0.39, 0.29) is 5.92 Å². The molecular formula is C41H38N4. The first kappa shape index (κ1) is 31.0. The molecule has 0 fully saturated rings. The summed E-state index contributed by atoms with van der Waals surface area (Å²) in [5, 5.41) is 0. The third-order valence-electron chi connectivity index (χ3n) is 7.68. The lowest BCUT2D eigenvalue weighted by Gasteiger charge is -2.21. The summed E-state index contributed by atoms with van der Waals surface area (Å²) in [6.45, 7) is 14.1. The summed E-state index contributed by atoms with van der Waals surface area (Å²) in [5.41, 5.74) is 8.19. The first-order chi connectivity index (χ1) is 22.0. The van der Waals surface area contributed by atoms with Crippen molar-refractivity contribution in [3.8, 4) is 34.0 Å². The van der Waals surface area contributed by atoms with E-state index in [1.807, 2.05) is 98.8 Å². The van der Waals surface area contributed by atoms with E-state index in [1.54, 1.807) is 6.08 Å². The largest absolute Gasteiger partial charge is 0.232 e. The highest BCUT2D eigenvalue weighted by molar-refractivity contribution is 5.79. The molecule has 0 spiro atoms. The minimum atomic E-state index is 0.161. The van der Waals surface area contributed by atoms with E-state index in [1.165, 1.54) is 0 Å². The van der Waals surface area contributed by atoms with Gasteiger partial charge < -0.3 is 0 Å². The second kappa shape index (κ2) is 14.8. The molecule has 1 aliphatic carbocycles. The maximum atomic E-state index is 5.13. The summed E-state index contributed by atoms with van der Waals surface area (Å²) in [6, 6.07) is 22.6. The molecule has 5 rings (SSSR count). The van der Waals surface area contributed by atoms with Crippen molar-refractivity contribution in [1.29, 1.82) is 0 Å². The van der Waals surface area contributed by atoms with Gasteiger partial charge in [-0.05, 0) is 49.1 Å². The van der Waals surface area contributed by atoms with Crippen LogP contribution in [-0.4, -0.2) is 19.9 Å². The van der Waals surface area contributed by atoms with Gasteiger partial charge in [-0.2, -0.15) is 0 Å². The number of hydrogen-bond donors (Lipinski definition) is 0.